The van der Waals surface area contributed by atoms with Crippen molar-refractivity contribution in [3.05, 3.63) is 112 Å². The number of aromatic nitrogens is 1. The number of rotatable bonds is 7. The van der Waals surface area contributed by atoms with Gasteiger partial charge in [-0.3, -0.25) is 4.99 Å². The Morgan fingerprint density at radius 1 is 0.853 bits per heavy atom. The first-order chi connectivity index (χ1) is 16.6. The summed E-state index contributed by atoms with van der Waals surface area (Å²) in [5.74, 6) is 0. The molecule has 1 N–H and O–H groups in total. The second kappa shape index (κ2) is 9.74. The zero-order valence-corrected chi connectivity index (χ0v) is 20.3. The summed E-state index contributed by atoms with van der Waals surface area (Å²) >= 11 is 6.09. The zero-order valence-electron chi connectivity index (χ0n) is 19.6. The van der Waals surface area contributed by atoms with Crippen molar-refractivity contribution < 1.29 is 0 Å². The summed E-state index contributed by atoms with van der Waals surface area (Å²) in [5.41, 5.74) is 7.34. The van der Waals surface area contributed by atoms with Crippen LogP contribution < -0.4 is 5.32 Å². The van der Waals surface area contributed by atoms with E-state index in [-0.39, 0.29) is 0 Å². The van der Waals surface area contributed by atoms with Crippen LogP contribution in [-0.4, -0.2) is 23.9 Å². The van der Waals surface area contributed by atoms with Gasteiger partial charge in [0.15, 0.2) is 0 Å². The quantitative estimate of drug-likeness (QED) is 0.194. The lowest BCUT2D eigenvalue weighted by atomic mass is 10.1. The molecule has 0 spiro atoms. The van der Waals surface area contributed by atoms with Gasteiger partial charge in [0.2, 0.25) is 0 Å². The number of aliphatic imine (C=N–C) groups is 1. The van der Waals surface area contributed by atoms with Crippen molar-refractivity contribution in [1.82, 2.24) is 4.57 Å². The van der Waals surface area contributed by atoms with Gasteiger partial charge in [0.25, 0.3) is 0 Å². The van der Waals surface area contributed by atoms with Gasteiger partial charge < -0.3 is 9.88 Å². The maximum absolute atomic E-state index is 6.09. The Morgan fingerprint density at radius 3 is 2.44 bits per heavy atom. The monoisotopic (exact) mass is 465 g/mol. The van der Waals surface area contributed by atoms with Gasteiger partial charge in [-0.05, 0) is 48.6 Å². The SMILES string of the molecule is Cc1cccc2c(C=NCCNc3cccc4ccccc34)c(C)n(Cc3ccc(Cl)cc3)c12. The highest BCUT2D eigenvalue weighted by Gasteiger charge is 2.14. The molecule has 170 valence electrons. The minimum atomic E-state index is 0.707. The van der Waals surface area contributed by atoms with Crippen LogP contribution in [0, 0.1) is 13.8 Å². The zero-order chi connectivity index (χ0) is 23.5. The molecule has 4 aromatic carbocycles. The van der Waals surface area contributed by atoms with Crippen LogP contribution in [0.1, 0.15) is 22.4 Å². The van der Waals surface area contributed by atoms with Gasteiger partial charge in [-0.25, -0.2) is 0 Å². The van der Waals surface area contributed by atoms with Gasteiger partial charge in [0.1, 0.15) is 0 Å². The maximum atomic E-state index is 6.09. The van der Waals surface area contributed by atoms with Gasteiger partial charge in [0.05, 0.1) is 12.1 Å². The minimum absolute atomic E-state index is 0.707. The first kappa shape index (κ1) is 22.2. The minimum Gasteiger partial charge on any atom is -0.383 e. The Morgan fingerprint density at radius 2 is 1.59 bits per heavy atom. The third-order valence-corrected chi connectivity index (χ3v) is 6.66. The fraction of sp³-hybridized carbons (Fsp3) is 0.167. The highest BCUT2D eigenvalue weighted by atomic mass is 35.5. The lowest BCUT2D eigenvalue weighted by Gasteiger charge is -2.10. The van der Waals surface area contributed by atoms with E-state index in [4.69, 9.17) is 16.6 Å². The number of halogens is 1. The van der Waals surface area contributed by atoms with Gasteiger partial charge in [-0.1, -0.05) is 78.3 Å². The van der Waals surface area contributed by atoms with Gasteiger partial charge in [0, 0.05) is 52.0 Å². The average Bonchev–Trinajstić information content (AvgIpc) is 3.12. The van der Waals surface area contributed by atoms with Crippen LogP contribution in [0.2, 0.25) is 5.02 Å². The molecule has 3 nitrogen and oxygen atoms in total. The predicted molar refractivity (Wildman–Crippen MR) is 147 cm³/mol. The number of nitrogens with one attached hydrogen (secondary N) is 1. The molecule has 0 fully saturated rings. The first-order valence-electron chi connectivity index (χ1n) is 11.7. The molecule has 0 saturated carbocycles. The molecule has 0 aliphatic heterocycles. The predicted octanol–water partition coefficient (Wildman–Crippen LogP) is 7.64. The molecule has 0 bridgehead atoms. The normalized spacial score (nSPS) is 11.6. The van der Waals surface area contributed by atoms with Crippen molar-refractivity contribution in [1.29, 1.82) is 0 Å². The summed E-state index contributed by atoms with van der Waals surface area (Å²) in [6.45, 7) is 6.66. The van der Waals surface area contributed by atoms with Crippen molar-refractivity contribution in [3.8, 4) is 0 Å². The third-order valence-electron chi connectivity index (χ3n) is 6.41. The van der Waals surface area contributed by atoms with Crippen LogP contribution in [0.25, 0.3) is 21.7 Å². The van der Waals surface area contributed by atoms with Gasteiger partial charge in [-0.2, -0.15) is 0 Å². The Balaban J connectivity index is 1.36. The molecule has 5 aromatic rings. The number of fused-ring (bicyclic) bond motifs is 2. The smallest absolute Gasteiger partial charge is 0.0562 e. The Kier molecular flexibility index (Phi) is 6.37. The fourth-order valence-electron chi connectivity index (χ4n) is 4.67. The van der Waals surface area contributed by atoms with Gasteiger partial charge >= 0.3 is 0 Å². The molecule has 4 heteroatoms. The third kappa shape index (κ3) is 4.44. The summed E-state index contributed by atoms with van der Waals surface area (Å²) in [5, 5.41) is 8.04. The second-order valence-electron chi connectivity index (χ2n) is 8.67. The fourth-order valence-corrected chi connectivity index (χ4v) is 4.79. The maximum Gasteiger partial charge on any atom is 0.0562 e. The molecule has 0 amide bonds. The molecule has 0 unspecified atom stereocenters. The topological polar surface area (TPSA) is 29.3 Å². The lowest BCUT2D eigenvalue weighted by molar-refractivity contribution is 0.802. The standard InChI is InChI=1S/C30H28ClN3/c1-21-7-5-11-27-28(22(2)34(30(21)27)20-23-13-15-25(31)16-14-23)19-32-17-18-33-29-12-6-9-24-8-3-4-10-26(24)29/h3-16,19,33H,17-18,20H2,1-2H3. The summed E-state index contributed by atoms with van der Waals surface area (Å²) < 4.78 is 2.39. The van der Waals surface area contributed by atoms with Crippen molar-refractivity contribution in [3.63, 3.8) is 0 Å². The number of hydrogen-bond donors (Lipinski definition) is 1. The van der Waals surface area contributed by atoms with Crippen molar-refractivity contribution in [2.75, 3.05) is 18.4 Å². The highest BCUT2D eigenvalue weighted by Crippen LogP contribution is 2.28. The number of benzene rings is 4. The van der Waals surface area contributed by atoms with Crippen molar-refractivity contribution in [2.24, 2.45) is 4.99 Å². The Hall–Kier alpha value is -3.56. The van der Waals surface area contributed by atoms with Crippen LogP contribution >= 0.6 is 11.6 Å². The molecule has 0 aliphatic rings. The molecule has 0 atom stereocenters. The summed E-state index contributed by atoms with van der Waals surface area (Å²) in [4.78, 5) is 4.79. The largest absolute Gasteiger partial charge is 0.383 e. The van der Waals surface area contributed by atoms with E-state index in [9.17, 15) is 0 Å². The molecular formula is C30H28ClN3. The van der Waals surface area contributed by atoms with Crippen molar-refractivity contribution in [2.45, 2.75) is 20.4 Å². The Bertz CT molecular complexity index is 1470. The molecule has 34 heavy (non-hydrogen) atoms. The van der Waals surface area contributed by atoms with Crippen LogP contribution in [-0.2, 0) is 6.54 Å². The van der Waals surface area contributed by atoms with Gasteiger partial charge in [-0.15, -0.1) is 0 Å². The van der Waals surface area contributed by atoms with E-state index in [1.807, 2.05) is 18.3 Å². The second-order valence-corrected chi connectivity index (χ2v) is 9.11. The first-order valence-corrected chi connectivity index (χ1v) is 12.0. The van der Waals surface area contributed by atoms with Crippen LogP contribution in [0.5, 0.6) is 0 Å². The summed E-state index contributed by atoms with van der Waals surface area (Å²) in [6, 6.07) is 29.4. The van der Waals surface area contributed by atoms with Crippen LogP contribution in [0.15, 0.2) is 89.9 Å². The van der Waals surface area contributed by atoms with E-state index < -0.39 is 0 Å². The summed E-state index contributed by atoms with van der Waals surface area (Å²) in [7, 11) is 0. The summed E-state index contributed by atoms with van der Waals surface area (Å²) in [6.07, 6.45) is 2.04. The van der Waals surface area contributed by atoms with E-state index in [1.165, 1.54) is 44.1 Å². The highest BCUT2D eigenvalue weighted by molar-refractivity contribution is 6.30. The van der Waals surface area contributed by atoms with E-state index in [0.717, 1.165) is 23.8 Å². The van der Waals surface area contributed by atoms with E-state index >= 15 is 0 Å². The number of para-hydroxylation sites is 1. The van der Waals surface area contributed by atoms with E-state index in [0.29, 0.717) is 6.54 Å². The van der Waals surface area contributed by atoms with Crippen molar-refractivity contribution >= 4 is 45.2 Å². The van der Waals surface area contributed by atoms with Crippen LogP contribution in [0.4, 0.5) is 5.69 Å². The number of hydrogen-bond acceptors (Lipinski definition) is 2. The molecule has 0 saturated heterocycles. The number of anilines is 1. The molecule has 0 aliphatic carbocycles. The molecule has 0 radical (unpaired) electrons. The number of nitrogens with zero attached hydrogens (tertiary/aromatic N) is 2. The molecule has 1 heterocycles. The van der Waals surface area contributed by atoms with E-state index in [2.05, 4.69) is 96.5 Å². The van der Waals surface area contributed by atoms with E-state index in [1.54, 1.807) is 0 Å². The molecule has 1 aromatic heterocycles. The average molecular weight is 466 g/mol. The lowest BCUT2D eigenvalue weighted by Crippen LogP contribution is -2.05. The number of aryl methyl sites for hydroxylation is 1. The molecule has 5 rings (SSSR count). The Labute approximate surface area is 205 Å². The molecular weight excluding hydrogens is 438 g/mol. The van der Waals surface area contributed by atoms with Crippen LogP contribution in [0.3, 0.4) is 0 Å².